The number of nitriles is 1. The minimum Gasteiger partial charge on any atom is -0.364 e. The summed E-state index contributed by atoms with van der Waals surface area (Å²) in [7, 11) is -3.49. The van der Waals surface area contributed by atoms with Crippen molar-refractivity contribution in [2.45, 2.75) is 32.5 Å². The number of H-pyrrole nitrogens is 1. The zero-order chi connectivity index (χ0) is 22.0. The van der Waals surface area contributed by atoms with E-state index in [9.17, 15) is 13.7 Å². The van der Waals surface area contributed by atoms with Crippen LogP contribution in [0.2, 0.25) is 0 Å². The molecular weight excluding hydrogens is 412 g/mol. The highest BCUT2D eigenvalue weighted by molar-refractivity contribution is 7.88. The molecule has 0 spiro atoms. The van der Waals surface area contributed by atoms with Gasteiger partial charge in [-0.05, 0) is 48.7 Å². The third kappa shape index (κ3) is 4.76. The van der Waals surface area contributed by atoms with Crippen molar-refractivity contribution in [2.24, 2.45) is 0 Å². The molecule has 2 aromatic heterocycles. The summed E-state index contributed by atoms with van der Waals surface area (Å²) in [6, 6.07) is 11.1. The van der Waals surface area contributed by atoms with Gasteiger partial charge in [-0.15, -0.1) is 0 Å². The van der Waals surface area contributed by atoms with Crippen molar-refractivity contribution in [1.82, 2.24) is 19.3 Å². The molecule has 0 fully saturated rings. The average Bonchev–Trinajstić information content (AvgIpc) is 3.08. The van der Waals surface area contributed by atoms with Crippen LogP contribution >= 0.6 is 0 Å². The van der Waals surface area contributed by atoms with Crippen LogP contribution in [0.4, 0.5) is 5.69 Å². The lowest BCUT2D eigenvalue weighted by atomic mass is 10.1. The normalized spacial score (nSPS) is 17.1. The third-order valence-electron chi connectivity index (χ3n) is 5.45. The van der Waals surface area contributed by atoms with Crippen molar-refractivity contribution in [2.75, 3.05) is 17.7 Å². The summed E-state index contributed by atoms with van der Waals surface area (Å²) >= 11 is 0. The smallest absolute Gasteiger partial charge is 0.211 e. The fraction of sp³-hybridized carbons (Fsp3) is 0.318. The molecule has 0 unspecified atom stereocenters. The van der Waals surface area contributed by atoms with E-state index in [2.05, 4.69) is 25.9 Å². The number of imidazole rings is 1. The third-order valence-corrected chi connectivity index (χ3v) is 6.73. The molecule has 31 heavy (non-hydrogen) atoms. The van der Waals surface area contributed by atoms with Crippen LogP contribution in [0.5, 0.6) is 0 Å². The number of aryl methyl sites for hydroxylation is 1. The van der Waals surface area contributed by atoms with Gasteiger partial charge in [0.25, 0.3) is 0 Å². The number of hydrogen-bond acceptors (Lipinski definition) is 6. The van der Waals surface area contributed by atoms with Gasteiger partial charge in [-0.3, -0.25) is 4.98 Å². The van der Waals surface area contributed by atoms with Gasteiger partial charge < -0.3 is 9.88 Å². The van der Waals surface area contributed by atoms with Gasteiger partial charge in [-0.1, -0.05) is 6.07 Å². The molecular formula is C22H24N6O2S. The van der Waals surface area contributed by atoms with Crippen molar-refractivity contribution in [3.8, 4) is 6.07 Å². The quantitative estimate of drug-likeness (QED) is 0.658. The lowest BCUT2D eigenvalue weighted by molar-refractivity contribution is 0.320. The van der Waals surface area contributed by atoms with Crippen molar-refractivity contribution < 1.29 is 8.42 Å². The van der Waals surface area contributed by atoms with E-state index in [0.29, 0.717) is 25.1 Å². The molecule has 4 rings (SSSR count). The Kier molecular flexibility index (Phi) is 5.76. The topological polar surface area (TPSA) is 106 Å². The highest BCUT2D eigenvalue weighted by Gasteiger charge is 2.33. The van der Waals surface area contributed by atoms with Crippen molar-refractivity contribution >= 4 is 15.7 Å². The molecule has 9 heteroatoms. The molecule has 1 aliphatic heterocycles. The Morgan fingerprint density at radius 1 is 1.29 bits per heavy atom. The first-order chi connectivity index (χ1) is 14.8. The van der Waals surface area contributed by atoms with E-state index in [0.717, 1.165) is 28.3 Å². The van der Waals surface area contributed by atoms with Gasteiger partial charge in [-0.2, -0.15) is 9.57 Å². The van der Waals surface area contributed by atoms with Crippen LogP contribution in [-0.4, -0.2) is 46.5 Å². The number of rotatable bonds is 5. The van der Waals surface area contributed by atoms with Gasteiger partial charge >= 0.3 is 0 Å². The van der Waals surface area contributed by atoms with Crippen molar-refractivity contribution in [1.29, 1.82) is 5.26 Å². The van der Waals surface area contributed by atoms with Crippen LogP contribution < -0.4 is 4.90 Å². The number of fused-ring (bicyclic) bond motifs is 1. The maximum Gasteiger partial charge on any atom is 0.211 e. The van der Waals surface area contributed by atoms with E-state index in [1.807, 2.05) is 25.1 Å². The monoisotopic (exact) mass is 436 g/mol. The number of nitrogens with one attached hydrogen (secondary N) is 1. The largest absolute Gasteiger partial charge is 0.364 e. The lowest BCUT2D eigenvalue weighted by Gasteiger charge is -2.31. The number of anilines is 1. The molecule has 8 nitrogen and oxygen atoms in total. The zero-order valence-corrected chi connectivity index (χ0v) is 18.3. The molecule has 0 aliphatic carbocycles. The molecule has 0 amide bonds. The fourth-order valence-corrected chi connectivity index (χ4v) is 5.14. The highest BCUT2D eigenvalue weighted by Crippen LogP contribution is 2.31. The number of nitrogens with zero attached hydrogens (tertiary/aromatic N) is 5. The number of sulfonamides is 1. The van der Waals surface area contributed by atoms with Crippen LogP contribution in [0, 0.1) is 18.3 Å². The lowest BCUT2D eigenvalue weighted by Crippen LogP contribution is -2.45. The Hall–Kier alpha value is -3.22. The van der Waals surface area contributed by atoms with Gasteiger partial charge in [0.1, 0.15) is 5.82 Å². The van der Waals surface area contributed by atoms with Crippen LogP contribution in [0.25, 0.3) is 0 Å². The van der Waals surface area contributed by atoms with Crippen LogP contribution in [-0.2, 0) is 29.5 Å². The summed E-state index contributed by atoms with van der Waals surface area (Å²) in [5.41, 5.74) is 4.17. The predicted molar refractivity (Wildman–Crippen MR) is 118 cm³/mol. The number of aromatic amines is 1. The number of pyridine rings is 1. The molecule has 1 atom stereocenters. The van der Waals surface area contributed by atoms with Crippen LogP contribution in [0.1, 0.15) is 28.2 Å². The van der Waals surface area contributed by atoms with E-state index < -0.39 is 10.0 Å². The fourth-order valence-electron chi connectivity index (χ4n) is 4.08. The molecule has 3 aromatic rings. The minimum absolute atomic E-state index is 0.215. The second-order valence-electron chi connectivity index (χ2n) is 7.86. The summed E-state index contributed by atoms with van der Waals surface area (Å²) in [4.78, 5) is 13.9. The Balaban J connectivity index is 1.77. The summed E-state index contributed by atoms with van der Waals surface area (Å²) in [6.07, 6.45) is 7.06. The molecule has 0 saturated heterocycles. The van der Waals surface area contributed by atoms with Crippen molar-refractivity contribution in [3.63, 3.8) is 0 Å². The number of aromatic nitrogens is 3. The number of benzene rings is 1. The molecule has 1 aliphatic rings. The first-order valence-electron chi connectivity index (χ1n) is 9.97. The first kappa shape index (κ1) is 21.0. The zero-order valence-electron chi connectivity index (χ0n) is 17.5. The Bertz CT molecular complexity index is 1220. The summed E-state index contributed by atoms with van der Waals surface area (Å²) in [5, 5.41) is 9.37. The summed E-state index contributed by atoms with van der Waals surface area (Å²) in [5.74, 6) is 0.828. The van der Waals surface area contributed by atoms with Crippen LogP contribution in [0.15, 0.2) is 48.9 Å². The molecule has 160 valence electrons. The molecule has 3 heterocycles. The molecule has 0 radical (unpaired) electrons. The van der Waals surface area contributed by atoms with Gasteiger partial charge in [0, 0.05) is 37.2 Å². The average molecular weight is 437 g/mol. The summed E-state index contributed by atoms with van der Waals surface area (Å²) in [6.45, 7) is 3.17. The molecule has 1 N–H and O–H groups in total. The van der Waals surface area contributed by atoms with E-state index in [1.54, 1.807) is 30.7 Å². The molecule has 0 saturated carbocycles. The Morgan fingerprint density at radius 3 is 2.77 bits per heavy atom. The predicted octanol–water partition coefficient (Wildman–Crippen LogP) is 2.38. The van der Waals surface area contributed by atoms with E-state index >= 15 is 0 Å². The Morgan fingerprint density at radius 2 is 2.13 bits per heavy atom. The van der Waals surface area contributed by atoms with Crippen molar-refractivity contribution in [3.05, 3.63) is 77.1 Å². The second-order valence-corrected chi connectivity index (χ2v) is 9.79. The minimum atomic E-state index is -3.49. The van der Waals surface area contributed by atoms with Gasteiger partial charge in [0.05, 0.1) is 36.3 Å². The van der Waals surface area contributed by atoms with E-state index in [4.69, 9.17) is 0 Å². The van der Waals surface area contributed by atoms with E-state index in [1.165, 1.54) is 10.6 Å². The van der Waals surface area contributed by atoms with Crippen LogP contribution in [0.3, 0.4) is 0 Å². The van der Waals surface area contributed by atoms with Gasteiger partial charge in [0.2, 0.25) is 10.0 Å². The SMILES string of the molecule is Cc1ncc(CN2C[C@@H](Cc3cccnc3)N(S(C)(=O)=O)Cc3cc(C#N)ccc32)[nH]1. The standard InChI is InChI=1S/C22H24N6O2S/c1-16-25-12-20(26-16)14-27-15-21(9-18-4-3-7-24-11-18)28(31(2,29)30)13-19-8-17(10-23)5-6-22(19)27/h3-8,11-12,21H,9,13-15H2,1-2H3,(H,25,26)/t21-/m1/s1. The second kappa shape index (κ2) is 8.49. The Labute approximate surface area is 182 Å². The van der Waals surface area contributed by atoms with E-state index in [-0.39, 0.29) is 12.6 Å². The maximum atomic E-state index is 12.8. The highest BCUT2D eigenvalue weighted by atomic mass is 32.2. The number of hydrogen-bond donors (Lipinski definition) is 1. The molecule has 1 aromatic carbocycles. The maximum absolute atomic E-state index is 12.8. The molecule has 0 bridgehead atoms. The van der Waals surface area contributed by atoms with Gasteiger partial charge in [-0.25, -0.2) is 13.4 Å². The first-order valence-corrected chi connectivity index (χ1v) is 11.8. The summed E-state index contributed by atoms with van der Waals surface area (Å²) < 4.78 is 27.1. The van der Waals surface area contributed by atoms with Gasteiger partial charge in [0.15, 0.2) is 0 Å².